The van der Waals surface area contributed by atoms with Crippen LogP contribution in [0.15, 0.2) is 24.3 Å². The van der Waals surface area contributed by atoms with Crippen molar-refractivity contribution in [3.05, 3.63) is 34.9 Å². The molecule has 0 spiro atoms. The molecule has 2 rings (SSSR count). The number of rotatable bonds is 4. The quantitative estimate of drug-likeness (QED) is 0.915. The van der Waals surface area contributed by atoms with Crippen LogP contribution in [0.4, 0.5) is 0 Å². The monoisotopic (exact) mass is 294 g/mol. The zero-order valence-corrected chi connectivity index (χ0v) is 11.9. The van der Waals surface area contributed by atoms with Crippen LogP contribution in [0.2, 0.25) is 5.02 Å². The second-order valence-electron chi connectivity index (χ2n) is 5.16. The summed E-state index contributed by atoms with van der Waals surface area (Å²) in [7, 11) is 0. The molecule has 1 aromatic rings. The number of amides is 1. The van der Waals surface area contributed by atoms with Gasteiger partial charge in [-0.2, -0.15) is 0 Å². The van der Waals surface area contributed by atoms with Crippen molar-refractivity contribution in [3.63, 3.8) is 0 Å². The third-order valence-electron chi connectivity index (χ3n) is 3.76. The first-order chi connectivity index (χ1) is 9.58. The number of halogens is 1. The Morgan fingerprint density at radius 2 is 1.95 bits per heavy atom. The van der Waals surface area contributed by atoms with Crippen LogP contribution in [0.5, 0.6) is 0 Å². The van der Waals surface area contributed by atoms with Crippen LogP contribution in [0, 0.1) is 11.8 Å². The van der Waals surface area contributed by atoms with Crippen molar-refractivity contribution >= 4 is 23.5 Å². The van der Waals surface area contributed by atoms with Crippen LogP contribution in [0.3, 0.4) is 0 Å². The summed E-state index contributed by atoms with van der Waals surface area (Å²) in [5.74, 6) is -2.47. The number of hydrogen-bond donors (Lipinski definition) is 1. The van der Waals surface area contributed by atoms with Crippen molar-refractivity contribution < 1.29 is 14.7 Å². The van der Waals surface area contributed by atoms with E-state index in [0.29, 0.717) is 24.4 Å². The lowest BCUT2D eigenvalue weighted by Crippen LogP contribution is -2.44. The first-order valence-corrected chi connectivity index (χ1v) is 7.18. The van der Waals surface area contributed by atoms with Crippen molar-refractivity contribution in [1.29, 1.82) is 0 Å². The molecule has 4 nitrogen and oxygen atoms in total. The SMILES string of the molecule is O=C(NCc1cccc(Cl)c1)[C@H]1CCCC[C@H]1C(=O)[O-]. The lowest BCUT2D eigenvalue weighted by atomic mass is 9.78. The van der Waals surface area contributed by atoms with Crippen LogP contribution < -0.4 is 10.4 Å². The van der Waals surface area contributed by atoms with Crippen LogP contribution in [-0.4, -0.2) is 11.9 Å². The average Bonchev–Trinajstić information content (AvgIpc) is 2.45. The Morgan fingerprint density at radius 3 is 2.60 bits per heavy atom. The summed E-state index contributed by atoms with van der Waals surface area (Å²) in [6.07, 6.45) is 2.87. The number of carbonyl (C=O) groups is 2. The van der Waals surface area contributed by atoms with E-state index in [4.69, 9.17) is 11.6 Å². The Labute approximate surface area is 123 Å². The molecule has 1 aliphatic carbocycles. The van der Waals surface area contributed by atoms with Gasteiger partial charge in [-0.15, -0.1) is 0 Å². The fourth-order valence-electron chi connectivity index (χ4n) is 2.69. The minimum atomic E-state index is -1.12. The van der Waals surface area contributed by atoms with E-state index in [0.717, 1.165) is 18.4 Å². The summed E-state index contributed by atoms with van der Waals surface area (Å²) >= 11 is 5.87. The average molecular weight is 295 g/mol. The molecule has 0 aromatic heterocycles. The molecule has 0 unspecified atom stereocenters. The Bertz CT molecular complexity index is 504. The number of carboxylic acids is 1. The largest absolute Gasteiger partial charge is 0.550 e. The molecule has 1 aliphatic rings. The number of aliphatic carboxylic acids is 1. The Kier molecular flexibility index (Phi) is 5.01. The zero-order chi connectivity index (χ0) is 14.5. The fourth-order valence-corrected chi connectivity index (χ4v) is 2.91. The molecule has 1 fully saturated rings. The van der Waals surface area contributed by atoms with Gasteiger partial charge < -0.3 is 15.2 Å². The minimum Gasteiger partial charge on any atom is -0.550 e. The van der Waals surface area contributed by atoms with Gasteiger partial charge in [-0.1, -0.05) is 36.6 Å². The Balaban J connectivity index is 1.95. The molecule has 0 bridgehead atoms. The first-order valence-electron chi connectivity index (χ1n) is 6.81. The van der Waals surface area contributed by atoms with Gasteiger partial charge in [0.25, 0.3) is 0 Å². The maximum atomic E-state index is 12.1. The van der Waals surface area contributed by atoms with E-state index >= 15 is 0 Å². The molecule has 5 heteroatoms. The van der Waals surface area contributed by atoms with Gasteiger partial charge in [0.2, 0.25) is 5.91 Å². The van der Waals surface area contributed by atoms with E-state index in [1.165, 1.54) is 0 Å². The summed E-state index contributed by atoms with van der Waals surface area (Å²) in [6.45, 7) is 0.357. The second-order valence-corrected chi connectivity index (χ2v) is 5.60. The number of nitrogens with one attached hydrogen (secondary N) is 1. The third kappa shape index (κ3) is 3.73. The summed E-state index contributed by atoms with van der Waals surface area (Å²) in [5.41, 5.74) is 0.895. The number of benzene rings is 1. The molecule has 1 saturated carbocycles. The van der Waals surface area contributed by atoms with Crippen molar-refractivity contribution in [2.45, 2.75) is 32.2 Å². The Hall–Kier alpha value is -1.55. The lowest BCUT2D eigenvalue weighted by Gasteiger charge is -2.31. The van der Waals surface area contributed by atoms with E-state index in [2.05, 4.69) is 5.32 Å². The molecule has 0 aliphatic heterocycles. The highest BCUT2D eigenvalue weighted by molar-refractivity contribution is 6.30. The summed E-state index contributed by atoms with van der Waals surface area (Å²) in [6, 6.07) is 7.22. The van der Waals surface area contributed by atoms with Crippen LogP contribution in [-0.2, 0) is 16.1 Å². The maximum Gasteiger partial charge on any atom is 0.224 e. The summed E-state index contributed by atoms with van der Waals surface area (Å²) < 4.78 is 0. The number of carbonyl (C=O) groups excluding carboxylic acids is 2. The van der Waals surface area contributed by atoms with Crippen LogP contribution >= 0.6 is 11.6 Å². The molecule has 20 heavy (non-hydrogen) atoms. The molecule has 1 amide bonds. The topological polar surface area (TPSA) is 69.2 Å². The third-order valence-corrected chi connectivity index (χ3v) is 4.00. The molecule has 108 valence electrons. The summed E-state index contributed by atoms with van der Waals surface area (Å²) in [5, 5.41) is 14.5. The highest BCUT2D eigenvalue weighted by Gasteiger charge is 2.31. The highest BCUT2D eigenvalue weighted by atomic mass is 35.5. The van der Waals surface area contributed by atoms with Gasteiger partial charge in [-0.3, -0.25) is 4.79 Å². The maximum absolute atomic E-state index is 12.1. The zero-order valence-electron chi connectivity index (χ0n) is 11.1. The molecule has 1 aromatic carbocycles. The molecular weight excluding hydrogens is 278 g/mol. The van der Waals surface area contributed by atoms with Gasteiger partial charge in [0.05, 0.1) is 0 Å². The van der Waals surface area contributed by atoms with Crippen LogP contribution in [0.1, 0.15) is 31.2 Å². The molecule has 0 heterocycles. The number of carboxylic acid groups (broad SMARTS) is 1. The van der Waals surface area contributed by atoms with Gasteiger partial charge in [-0.05, 0) is 30.5 Å². The molecule has 1 N–H and O–H groups in total. The van der Waals surface area contributed by atoms with E-state index in [1.807, 2.05) is 12.1 Å². The van der Waals surface area contributed by atoms with Crippen molar-refractivity contribution in [2.24, 2.45) is 11.8 Å². The van der Waals surface area contributed by atoms with Gasteiger partial charge in [0, 0.05) is 29.4 Å². The first kappa shape index (κ1) is 14.9. The normalized spacial score (nSPS) is 22.2. The van der Waals surface area contributed by atoms with E-state index < -0.39 is 17.8 Å². The van der Waals surface area contributed by atoms with Crippen molar-refractivity contribution in [1.82, 2.24) is 5.32 Å². The minimum absolute atomic E-state index is 0.209. The van der Waals surface area contributed by atoms with Gasteiger partial charge in [-0.25, -0.2) is 0 Å². The predicted octanol–water partition coefficient (Wildman–Crippen LogP) is 1.51. The van der Waals surface area contributed by atoms with Crippen molar-refractivity contribution in [2.75, 3.05) is 0 Å². The van der Waals surface area contributed by atoms with Gasteiger partial charge in [0.15, 0.2) is 0 Å². The molecule has 0 radical (unpaired) electrons. The van der Waals surface area contributed by atoms with E-state index in [1.54, 1.807) is 12.1 Å². The van der Waals surface area contributed by atoms with Gasteiger partial charge in [0.1, 0.15) is 0 Å². The van der Waals surface area contributed by atoms with Gasteiger partial charge >= 0.3 is 0 Å². The smallest absolute Gasteiger partial charge is 0.224 e. The Morgan fingerprint density at radius 1 is 1.25 bits per heavy atom. The highest BCUT2D eigenvalue weighted by Crippen LogP contribution is 2.29. The van der Waals surface area contributed by atoms with Crippen molar-refractivity contribution in [3.8, 4) is 0 Å². The molecule has 2 atom stereocenters. The number of hydrogen-bond acceptors (Lipinski definition) is 3. The predicted molar refractivity (Wildman–Crippen MR) is 73.8 cm³/mol. The standard InChI is InChI=1S/C15H18ClNO3/c16-11-5-3-4-10(8-11)9-17-14(18)12-6-1-2-7-13(12)15(19)20/h3-5,8,12-13H,1-2,6-7,9H2,(H,17,18)(H,19,20)/p-1/t12-,13+/m0/s1. The molecular formula is C15H17ClNO3-. The molecule has 0 saturated heterocycles. The lowest BCUT2D eigenvalue weighted by molar-refractivity contribution is -0.314. The summed E-state index contributed by atoms with van der Waals surface area (Å²) in [4.78, 5) is 23.2. The van der Waals surface area contributed by atoms with E-state index in [-0.39, 0.29) is 5.91 Å². The second kappa shape index (κ2) is 6.75. The fraction of sp³-hybridized carbons (Fsp3) is 0.467. The van der Waals surface area contributed by atoms with E-state index in [9.17, 15) is 14.7 Å². The van der Waals surface area contributed by atoms with Crippen LogP contribution in [0.25, 0.3) is 0 Å².